The average molecular weight is 468 g/mol. The van der Waals surface area contributed by atoms with Crippen LogP contribution in [-0.4, -0.2) is 21.0 Å². The molecule has 0 saturated heterocycles. The molecule has 0 radical (unpaired) electrons. The van der Waals surface area contributed by atoms with Crippen LogP contribution in [0.1, 0.15) is 31.8 Å². The van der Waals surface area contributed by atoms with Crippen molar-refractivity contribution in [3.05, 3.63) is 120 Å². The summed E-state index contributed by atoms with van der Waals surface area (Å²) < 4.78 is 13.5. The van der Waals surface area contributed by atoms with Gasteiger partial charge in [0.15, 0.2) is 0 Å². The highest BCUT2D eigenvalue weighted by Gasteiger charge is 2.31. The van der Waals surface area contributed by atoms with E-state index in [-0.39, 0.29) is 11.8 Å². The summed E-state index contributed by atoms with van der Waals surface area (Å²) in [6.07, 6.45) is 3.37. The number of aromatic nitrogens is 1. The molecule has 2 heterocycles. The summed E-state index contributed by atoms with van der Waals surface area (Å²) >= 11 is 0. The Bertz CT molecular complexity index is 1390. The SMILES string of the molecule is O=C(NCc1cccnc1)c1ccc2c(c1)N(Cc1ccccc1)C(=O)c1ccccc1[S@]2=O. The second-order valence-electron chi connectivity index (χ2n) is 7.87. The molecule has 1 aromatic heterocycles. The van der Waals surface area contributed by atoms with Crippen LogP contribution in [0.3, 0.4) is 0 Å². The van der Waals surface area contributed by atoms with E-state index in [1.807, 2.05) is 42.5 Å². The number of hydrogen-bond donors (Lipinski definition) is 1. The molecule has 5 rings (SSSR count). The molecule has 0 fully saturated rings. The average Bonchev–Trinajstić information content (AvgIpc) is 2.98. The molecule has 0 saturated carbocycles. The van der Waals surface area contributed by atoms with Crippen molar-refractivity contribution >= 4 is 28.3 Å². The number of hydrogen-bond acceptors (Lipinski definition) is 4. The molecule has 1 aliphatic heterocycles. The molecule has 1 aliphatic rings. The van der Waals surface area contributed by atoms with Crippen LogP contribution in [0.5, 0.6) is 0 Å². The summed E-state index contributed by atoms with van der Waals surface area (Å²) in [5, 5.41) is 2.88. The summed E-state index contributed by atoms with van der Waals surface area (Å²) in [4.78, 5) is 33.2. The normalized spacial score (nSPS) is 14.6. The van der Waals surface area contributed by atoms with Gasteiger partial charge in [-0.1, -0.05) is 48.5 Å². The molecule has 168 valence electrons. The van der Waals surface area contributed by atoms with Crippen molar-refractivity contribution < 1.29 is 13.8 Å². The lowest BCUT2D eigenvalue weighted by molar-refractivity contribution is 0.0947. The maximum Gasteiger partial charge on any atom is 0.259 e. The third-order valence-corrected chi connectivity index (χ3v) is 7.13. The van der Waals surface area contributed by atoms with Gasteiger partial charge in [-0.05, 0) is 47.5 Å². The van der Waals surface area contributed by atoms with Gasteiger partial charge in [0.2, 0.25) is 0 Å². The smallest absolute Gasteiger partial charge is 0.259 e. The van der Waals surface area contributed by atoms with Gasteiger partial charge in [-0.25, -0.2) is 4.21 Å². The standard InChI is InChI=1S/C27H21N3O3S/c31-26(29-17-20-9-6-14-28-16-20)21-12-13-25-23(15-21)30(18-19-7-2-1-3-8-19)27(32)22-10-4-5-11-24(22)34(25)33/h1-16H,17-18H2,(H,29,31)/t34-/m1/s1. The van der Waals surface area contributed by atoms with Crippen LogP contribution in [0.15, 0.2) is 107 Å². The lowest BCUT2D eigenvalue weighted by atomic mass is 10.1. The Morgan fingerprint density at radius 2 is 1.65 bits per heavy atom. The summed E-state index contributed by atoms with van der Waals surface area (Å²) in [7, 11) is -1.56. The van der Waals surface area contributed by atoms with Gasteiger partial charge in [-0.2, -0.15) is 0 Å². The van der Waals surface area contributed by atoms with Crippen molar-refractivity contribution in [1.82, 2.24) is 10.3 Å². The molecule has 7 heteroatoms. The predicted molar refractivity (Wildman–Crippen MR) is 130 cm³/mol. The van der Waals surface area contributed by atoms with E-state index in [1.54, 1.807) is 59.8 Å². The van der Waals surface area contributed by atoms with Gasteiger partial charge in [-0.15, -0.1) is 0 Å². The van der Waals surface area contributed by atoms with Crippen LogP contribution >= 0.6 is 0 Å². The minimum absolute atomic E-state index is 0.250. The molecule has 4 aromatic rings. The molecule has 1 N–H and O–H groups in total. The Kier molecular flexibility index (Phi) is 6.01. The van der Waals surface area contributed by atoms with Crippen LogP contribution in [0, 0.1) is 0 Å². The van der Waals surface area contributed by atoms with Crippen LogP contribution in [0.25, 0.3) is 0 Å². The van der Waals surface area contributed by atoms with Crippen molar-refractivity contribution in [2.45, 2.75) is 22.9 Å². The number of rotatable bonds is 5. The van der Waals surface area contributed by atoms with Crippen molar-refractivity contribution in [2.75, 3.05) is 4.90 Å². The maximum atomic E-state index is 13.6. The minimum Gasteiger partial charge on any atom is -0.348 e. The van der Waals surface area contributed by atoms with E-state index in [0.717, 1.165) is 11.1 Å². The largest absolute Gasteiger partial charge is 0.348 e. The third-order valence-electron chi connectivity index (χ3n) is 5.63. The van der Waals surface area contributed by atoms with Crippen LogP contribution < -0.4 is 10.2 Å². The summed E-state index contributed by atoms with van der Waals surface area (Å²) in [6.45, 7) is 0.618. The van der Waals surface area contributed by atoms with Gasteiger partial charge in [0, 0.05) is 24.5 Å². The van der Waals surface area contributed by atoms with E-state index in [1.165, 1.54) is 0 Å². The first kappa shape index (κ1) is 21.7. The second kappa shape index (κ2) is 9.41. The number of anilines is 1. The molecular formula is C27H21N3O3S. The second-order valence-corrected chi connectivity index (χ2v) is 9.29. The quantitative estimate of drug-likeness (QED) is 0.474. The number of fused-ring (bicyclic) bond motifs is 2. The summed E-state index contributed by atoms with van der Waals surface area (Å²) in [5.41, 5.74) is 3.06. The van der Waals surface area contributed by atoms with E-state index in [9.17, 15) is 13.8 Å². The zero-order valence-corrected chi connectivity index (χ0v) is 19.0. The Morgan fingerprint density at radius 1 is 0.882 bits per heavy atom. The monoisotopic (exact) mass is 467 g/mol. The first-order valence-electron chi connectivity index (χ1n) is 10.8. The zero-order valence-electron chi connectivity index (χ0n) is 18.2. The number of amides is 2. The van der Waals surface area contributed by atoms with E-state index < -0.39 is 10.8 Å². The summed E-state index contributed by atoms with van der Waals surface area (Å²) in [6, 6.07) is 25.2. The van der Waals surface area contributed by atoms with Gasteiger partial charge in [-0.3, -0.25) is 14.6 Å². The topological polar surface area (TPSA) is 79.4 Å². The zero-order chi connectivity index (χ0) is 23.5. The third kappa shape index (κ3) is 4.25. The van der Waals surface area contributed by atoms with E-state index >= 15 is 0 Å². The minimum atomic E-state index is -1.56. The molecular weight excluding hydrogens is 446 g/mol. The molecule has 0 aliphatic carbocycles. The van der Waals surface area contributed by atoms with Gasteiger partial charge in [0.05, 0.1) is 38.4 Å². The van der Waals surface area contributed by atoms with Crippen LogP contribution in [0.2, 0.25) is 0 Å². The Morgan fingerprint density at radius 3 is 2.44 bits per heavy atom. The lowest BCUT2D eigenvalue weighted by Crippen LogP contribution is -2.31. The van der Waals surface area contributed by atoms with E-state index in [2.05, 4.69) is 10.3 Å². The number of carbonyl (C=O) groups excluding carboxylic acids is 2. The number of nitrogens with one attached hydrogen (secondary N) is 1. The van der Waals surface area contributed by atoms with E-state index in [4.69, 9.17) is 0 Å². The Hall–Kier alpha value is -4.10. The van der Waals surface area contributed by atoms with Crippen LogP contribution in [0.4, 0.5) is 5.69 Å². The maximum absolute atomic E-state index is 13.6. The van der Waals surface area contributed by atoms with E-state index in [0.29, 0.717) is 39.7 Å². The highest BCUT2D eigenvalue weighted by Crippen LogP contribution is 2.36. The Balaban J connectivity index is 1.54. The van der Waals surface area contributed by atoms with Gasteiger partial charge >= 0.3 is 0 Å². The van der Waals surface area contributed by atoms with Crippen LogP contribution in [-0.2, 0) is 23.9 Å². The number of pyridine rings is 1. The molecule has 0 spiro atoms. The van der Waals surface area contributed by atoms with Crippen molar-refractivity contribution in [2.24, 2.45) is 0 Å². The van der Waals surface area contributed by atoms with Gasteiger partial charge in [0.25, 0.3) is 11.8 Å². The molecule has 34 heavy (non-hydrogen) atoms. The van der Waals surface area contributed by atoms with Crippen molar-refractivity contribution in [3.63, 3.8) is 0 Å². The molecule has 3 aromatic carbocycles. The van der Waals surface area contributed by atoms with Gasteiger partial charge < -0.3 is 10.2 Å². The highest BCUT2D eigenvalue weighted by molar-refractivity contribution is 7.85. The predicted octanol–water partition coefficient (Wildman–Crippen LogP) is 4.34. The highest BCUT2D eigenvalue weighted by atomic mass is 32.2. The molecule has 2 amide bonds. The van der Waals surface area contributed by atoms with Crippen molar-refractivity contribution in [1.29, 1.82) is 0 Å². The molecule has 6 nitrogen and oxygen atoms in total. The fraction of sp³-hybridized carbons (Fsp3) is 0.0741. The molecule has 0 bridgehead atoms. The lowest BCUT2D eigenvalue weighted by Gasteiger charge is -2.23. The number of benzene rings is 3. The first-order chi connectivity index (χ1) is 16.6. The molecule has 1 atom stereocenters. The number of nitrogens with zero attached hydrogens (tertiary/aromatic N) is 2. The fourth-order valence-electron chi connectivity index (χ4n) is 3.91. The summed E-state index contributed by atoms with van der Waals surface area (Å²) in [5.74, 6) is -0.536. The first-order valence-corrected chi connectivity index (χ1v) is 11.9. The van der Waals surface area contributed by atoms with Crippen molar-refractivity contribution in [3.8, 4) is 0 Å². The van der Waals surface area contributed by atoms with Gasteiger partial charge in [0.1, 0.15) is 0 Å². The molecule has 0 unspecified atom stereocenters. The fourth-order valence-corrected chi connectivity index (χ4v) is 5.26. The number of carbonyl (C=O) groups is 2. The Labute approximate surface area is 199 Å².